The number of carbonyl (C=O) groups excluding carboxylic acids is 4. The van der Waals surface area contributed by atoms with E-state index >= 15 is 0 Å². The fraction of sp³-hybridized carbons (Fsp3) is 0.474. The Labute approximate surface area is 167 Å². The molecule has 2 aliphatic rings. The minimum atomic E-state index is -0.748. The van der Waals surface area contributed by atoms with Gasteiger partial charge in [-0.3, -0.25) is 14.9 Å². The number of esters is 1. The second-order valence-corrected chi connectivity index (χ2v) is 7.95. The fourth-order valence-electron chi connectivity index (χ4n) is 3.49. The molecule has 4 amide bonds. The van der Waals surface area contributed by atoms with E-state index in [9.17, 15) is 19.2 Å². The number of benzene rings is 1. The number of ether oxygens (including phenoxy) is 1. The Hall–Kier alpha value is -2.55. The van der Waals surface area contributed by atoms with Crippen molar-refractivity contribution in [2.45, 2.75) is 37.1 Å². The van der Waals surface area contributed by atoms with Gasteiger partial charge in [0.1, 0.15) is 10.9 Å². The van der Waals surface area contributed by atoms with Crippen LogP contribution in [0.25, 0.3) is 0 Å². The third-order valence-corrected chi connectivity index (χ3v) is 6.35. The zero-order valence-electron chi connectivity index (χ0n) is 15.6. The third kappa shape index (κ3) is 3.99. The van der Waals surface area contributed by atoms with Gasteiger partial charge in [-0.1, -0.05) is 37.3 Å². The molecule has 0 radical (unpaired) electrons. The van der Waals surface area contributed by atoms with E-state index in [2.05, 4.69) is 10.6 Å². The van der Waals surface area contributed by atoms with E-state index < -0.39 is 35.4 Å². The lowest BCUT2D eigenvalue weighted by Crippen LogP contribution is -2.47. The van der Waals surface area contributed by atoms with E-state index in [0.29, 0.717) is 25.1 Å². The zero-order valence-corrected chi connectivity index (χ0v) is 16.4. The van der Waals surface area contributed by atoms with Crippen LogP contribution in [0.4, 0.5) is 4.79 Å². The minimum Gasteiger partial charge on any atom is -0.454 e. The zero-order chi connectivity index (χ0) is 20.1. The SMILES string of the molecule is CCCNC(=O)NC(=O)COC(=O)[C@H]1CS[C@@]2(c3ccccc3)CCC(=O)N12. The van der Waals surface area contributed by atoms with Crippen LogP contribution in [0.1, 0.15) is 31.7 Å². The second kappa shape index (κ2) is 8.64. The van der Waals surface area contributed by atoms with Crippen LogP contribution < -0.4 is 10.6 Å². The topological polar surface area (TPSA) is 105 Å². The number of hydrogen-bond acceptors (Lipinski definition) is 6. The van der Waals surface area contributed by atoms with E-state index in [1.54, 1.807) is 16.7 Å². The van der Waals surface area contributed by atoms with Crippen LogP contribution in [0.15, 0.2) is 30.3 Å². The molecule has 0 spiro atoms. The molecule has 3 rings (SSSR count). The summed E-state index contributed by atoms with van der Waals surface area (Å²) in [6.45, 7) is 1.76. The number of thioether (sulfide) groups is 1. The number of hydrogen-bond donors (Lipinski definition) is 2. The molecule has 2 atom stereocenters. The van der Waals surface area contributed by atoms with E-state index in [4.69, 9.17) is 4.74 Å². The number of rotatable bonds is 6. The van der Waals surface area contributed by atoms with E-state index in [1.165, 1.54) is 0 Å². The number of carbonyl (C=O) groups is 4. The molecule has 150 valence electrons. The summed E-state index contributed by atoms with van der Waals surface area (Å²) in [6, 6.07) is 8.25. The molecule has 2 N–H and O–H groups in total. The Morgan fingerprint density at radius 2 is 2.04 bits per heavy atom. The van der Waals surface area contributed by atoms with Crippen molar-refractivity contribution in [3.63, 3.8) is 0 Å². The second-order valence-electron chi connectivity index (χ2n) is 6.65. The van der Waals surface area contributed by atoms with Crippen molar-refractivity contribution in [1.29, 1.82) is 0 Å². The van der Waals surface area contributed by atoms with Crippen molar-refractivity contribution in [3.8, 4) is 0 Å². The molecule has 2 fully saturated rings. The lowest BCUT2D eigenvalue weighted by Gasteiger charge is -2.33. The molecule has 8 nitrogen and oxygen atoms in total. The predicted octanol–water partition coefficient (Wildman–Crippen LogP) is 1.36. The van der Waals surface area contributed by atoms with Gasteiger partial charge in [-0.05, 0) is 18.4 Å². The molecule has 2 aliphatic heterocycles. The van der Waals surface area contributed by atoms with E-state index in [1.807, 2.05) is 37.3 Å². The number of urea groups is 1. The van der Waals surface area contributed by atoms with Crippen LogP contribution >= 0.6 is 11.8 Å². The van der Waals surface area contributed by atoms with Gasteiger partial charge in [-0.2, -0.15) is 0 Å². The lowest BCUT2D eigenvalue weighted by atomic mass is 10.0. The highest BCUT2D eigenvalue weighted by atomic mass is 32.2. The largest absolute Gasteiger partial charge is 0.454 e. The van der Waals surface area contributed by atoms with Crippen LogP contribution in [0.2, 0.25) is 0 Å². The number of amides is 4. The van der Waals surface area contributed by atoms with Crippen LogP contribution in [0.5, 0.6) is 0 Å². The van der Waals surface area contributed by atoms with Crippen LogP contribution in [-0.2, 0) is 24.0 Å². The first-order valence-electron chi connectivity index (χ1n) is 9.24. The van der Waals surface area contributed by atoms with Gasteiger partial charge in [0.25, 0.3) is 5.91 Å². The van der Waals surface area contributed by atoms with Crippen LogP contribution in [0.3, 0.4) is 0 Å². The normalized spacial score (nSPS) is 23.2. The quantitative estimate of drug-likeness (QED) is 0.693. The lowest BCUT2D eigenvalue weighted by molar-refractivity contribution is -0.156. The number of imide groups is 1. The van der Waals surface area contributed by atoms with Gasteiger partial charge in [-0.25, -0.2) is 9.59 Å². The Morgan fingerprint density at radius 3 is 2.75 bits per heavy atom. The standard InChI is InChI=1S/C19H23N3O5S/c1-2-10-20-18(26)21-15(23)11-27-17(25)14-12-28-19(9-8-16(24)22(14)19)13-6-4-3-5-7-13/h3-7,14H,2,8-12H2,1H3,(H2,20,21,23,26)/t14-,19-/m1/s1. The summed E-state index contributed by atoms with van der Waals surface area (Å²) >= 11 is 1.55. The van der Waals surface area contributed by atoms with Gasteiger partial charge >= 0.3 is 12.0 Å². The molecule has 1 aromatic carbocycles. The van der Waals surface area contributed by atoms with Crippen molar-refractivity contribution in [3.05, 3.63) is 35.9 Å². The molecular formula is C19H23N3O5S. The van der Waals surface area contributed by atoms with Crippen molar-refractivity contribution in [2.75, 3.05) is 18.9 Å². The Balaban J connectivity index is 1.61. The van der Waals surface area contributed by atoms with Crippen LogP contribution in [0, 0.1) is 0 Å². The number of fused-ring (bicyclic) bond motifs is 1. The first-order valence-corrected chi connectivity index (χ1v) is 10.2. The maximum absolute atomic E-state index is 12.6. The molecule has 0 bridgehead atoms. The maximum atomic E-state index is 12.6. The van der Waals surface area contributed by atoms with E-state index in [0.717, 1.165) is 12.0 Å². The Bertz CT molecular complexity index is 772. The average Bonchev–Trinajstić information content (AvgIpc) is 3.24. The first-order chi connectivity index (χ1) is 13.5. The summed E-state index contributed by atoms with van der Waals surface area (Å²) in [5.41, 5.74) is 0.978. The van der Waals surface area contributed by atoms with Crippen molar-refractivity contribution < 1.29 is 23.9 Å². The maximum Gasteiger partial charge on any atom is 0.330 e. The highest BCUT2D eigenvalue weighted by molar-refractivity contribution is 8.00. The summed E-state index contributed by atoms with van der Waals surface area (Å²) in [6.07, 6.45) is 1.73. The smallest absolute Gasteiger partial charge is 0.330 e. The Kier molecular flexibility index (Phi) is 6.23. The molecule has 9 heteroatoms. The fourth-order valence-corrected chi connectivity index (χ4v) is 5.13. The predicted molar refractivity (Wildman–Crippen MR) is 103 cm³/mol. The van der Waals surface area contributed by atoms with Crippen LogP contribution in [-0.4, -0.2) is 53.7 Å². The minimum absolute atomic E-state index is 0.0980. The molecule has 1 aromatic rings. The van der Waals surface area contributed by atoms with Crippen molar-refractivity contribution in [1.82, 2.24) is 15.5 Å². The van der Waals surface area contributed by atoms with Gasteiger partial charge in [0.2, 0.25) is 5.91 Å². The van der Waals surface area contributed by atoms with Gasteiger partial charge in [0.05, 0.1) is 0 Å². The summed E-state index contributed by atoms with van der Waals surface area (Å²) in [5.74, 6) is -1.04. The monoisotopic (exact) mass is 405 g/mol. The summed E-state index contributed by atoms with van der Waals surface area (Å²) in [7, 11) is 0. The molecular weight excluding hydrogens is 382 g/mol. The van der Waals surface area contributed by atoms with Gasteiger partial charge < -0.3 is 15.0 Å². The Morgan fingerprint density at radius 1 is 1.29 bits per heavy atom. The highest BCUT2D eigenvalue weighted by Gasteiger charge is 2.57. The van der Waals surface area contributed by atoms with Crippen molar-refractivity contribution in [2.24, 2.45) is 0 Å². The molecule has 0 aliphatic carbocycles. The summed E-state index contributed by atoms with van der Waals surface area (Å²) in [4.78, 5) is 49.3. The number of nitrogens with one attached hydrogen (secondary N) is 2. The average molecular weight is 405 g/mol. The van der Waals surface area contributed by atoms with Crippen molar-refractivity contribution >= 4 is 35.6 Å². The molecule has 2 heterocycles. The summed E-state index contributed by atoms with van der Waals surface area (Å²) < 4.78 is 5.09. The van der Waals surface area contributed by atoms with E-state index in [-0.39, 0.29) is 5.91 Å². The van der Waals surface area contributed by atoms with Gasteiger partial charge in [0.15, 0.2) is 6.61 Å². The van der Waals surface area contributed by atoms with Gasteiger partial charge in [-0.15, -0.1) is 11.8 Å². The number of nitrogens with zero attached hydrogens (tertiary/aromatic N) is 1. The third-order valence-electron chi connectivity index (χ3n) is 4.76. The summed E-state index contributed by atoms with van der Waals surface area (Å²) in [5, 5.41) is 4.59. The molecule has 0 unspecified atom stereocenters. The van der Waals surface area contributed by atoms with Gasteiger partial charge in [0, 0.05) is 18.7 Å². The molecule has 2 saturated heterocycles. The first kappa shape index (κ1) is 20.2. The highest BCUT2D eigenvalue weighted by Crippen LogP contribution is 2.54. The molecule has 28 heavy (non-hydrogen) atoms. The molecule has 0 saturated carbocycles. The molecule has 0 aromatic heterocycles.